The van der Waals surface area contributed by atoms with Gasteiger partial charge in [-0.1, -0.05) is 11.5 Å². The zero-order valence-corrected chi connectivity index (χ0v) is 16.9. The molecule has 146 valence electrons. The first-order chi connectivity index (χ1) is 13.5. The van der Waals surface area contributed by atoms with Crippen LogP contribution in [0.5, 0.6) is 11.5 Å². The molecule has 0 aliphatic carbocycles. The van der Waals surface area contributed by atoms with Crippen LogP contribution in [0.2, 0.25) is 0 Å². The summed E-state index contributed by atoms with van der Waals surface area (Å²) in [6.45, 7) is 5.66. The average Bonchev–Trinajstić information content (AvgIpc) is 3.20. The summed E-state index contributed by atoms with van der Waals surface area (Å²) in [5.74, 6) is 0.989. The van der Waals surface area contributed by atoms with Crippen molar-refractivity contribution in [3.8, 4) is 11.5 Å². The van der Waals surface area contributed by atoms with Crippen LogP contribution in [-0.2, 0) is 16.8 Å². The molecule has 0 atom stereocenters. The van der Waals surface area contributed by atoms with E-state index in [1.165, 1.54) is 5.56 Å². The number of fused-ring (bicyclic) bond motifs is 2. The largest absolute Gasteiger partial charge is 0.492 e. The van der Waals surface area contributed by atoms with Crippen molar-refractivity contribution in [3.05, 3.63) is 39.6 Å². The smallest absolute Gasteiger partial charge is 0.304 e. The topological polar surface area (TPSA) is 59.0 Å². The Labute approximate surface area is 170 Å². The van der Waals surface area contributed by atoms with Gasteiger partial charge in [0.05, 0.1) is 13.0 Å². The lowest BCUT2D eigenvalue weighted by molar-refractivity contribution is -0.137. The van der Waals surface area contributed by atoms with Crippen molar-refractivity contribution in [2.75, 3.05) is 26.2 Å². The molecule has 1 fully saturated rings. The average molecular weight is 397 g/mol. The van der Waals surface area contributed by atoms with Gasteiger partial charge in [0.25, 0.3) is 0 Å². The molecule has 1 aromatic heterocycles. The zero-order valence-electron chi connectivity index (χ0n) is 16.1. The van der Waals surface area contributed by atoms with Gasteiger partial charge in [-0.15, -0.1) is 11.3 Å². The van der Waals surface area contributed by atoms with Crippen LogP contribution in [0, 0.1) is 6.92 Å². The summed E-state index contributed by atoms with van der Waals surface area (Å²) in [5, 5.41) is 10.8. The number of piperidine rings is 1. The summed E-state index contributed by atoms with van der Waals surface area (Å²) < 4.78 is 12.0. The maximum absolute atomic E-state index is 10.8. The number of hydrogen-bond donors (Lipinski definition) is 1. The van der Waals surface area contributed by atoms with Crippen LogP contribution in [0.1, 0.15) is 35.3 Å². The van der Waals surface area contributed by atoms with Crippen LogP contribution in [0.4, 0.5) is 0 Å². The van der Waals surface area contributed by atoms with E-state index in [1.807, 2.05) is 24.4 Å². The third kappa shape index (κ3) is 3.78. The van der Waals surface area contributed by atoms with E-state index < -0.39 is 5.97 Å². The van der Waals surface area contributed by atoms with Crippen molar-refractivity contribution in [3.63, 3.8) is 0 Å². The number of nitrogens with zero attached hydrogens (tertiary/aromatic N) is 1. The Morgan fingerprint density at radius 1 is 1.39 bits per heavy atom. The molecule has 1 aromatic carbocycles. The molecule has 0 saturated carbocycles. The Morgan fingerprint density at radius 2 is 2.18 bits per heavy atom. The van der Waals surface area contributed by atoms with E-state index in [0.29, 0.717) is 19.8 Å². The predicted molar refractivity (Wildman–Crippen MR) is 110 cm³/mol. The molecule has 5 nitrogen and oxygen atoms in total. The van der Waals surface area contributed by atoms with Crippen LogP contribution in [0.3, 0.4) is 0 Å². The van der Waals surface area contributed by atoms with Crippen molar-refractivity contribution in [2.45, 2.75) is 38.2 Å². The Balaban J connectivity index is 1.40. The Bertz CT molecular complexity index is 873. The number of thiophene rings is 1. The number of carbonyl (C=O) groups is 1. The molecular weight excluding hydrogens is 373 g/mol. The summed E-state index contributed by atoms with van der Waals surface area (Å²) in [7, 11) is 5.91. The zero-order chi connectivity index (χ0) is 19.7. The quantitative estimate of drug-likeness (QED) is 0.760. The number of hydrogen-bond acceptors (Lipinski definition) is 5. The van der Waals surface area contributed by atoms with Crippen molar-refractivity contribution in [1.29, 1.82) is 0 Å². The lowest BCUT2D eigenvalue weighted by Gasteiger charge is -2.38. The molecule has 2 aliphatic rings. The van der Waals surface area contributed by atoms with E-state index in [-0.39, 0.29) is 11.8 Å². The fourth-order valence-corrected chi connectivity index (χ4v) is 4.95. The Kier molecular flexibility index (Phi) is 5.38. The van der Waals surface area contributed by atoms with Gasteiger partial charge in [0.2, 0.25) is 0 Å². The molecule has 28 heavy (non-hydrogen) atoms. The van der Waals surface area contributed by atoms with Gasteiger partial charge >= 0.3 is 5.97 Å². The molecule has 2 radical (unpaired) electrons. The SMILES string of the molecule is [B]c1csc(COc2ccc3c(c2)OCC32CCN(CCC(=O)O)CC2)c1C. The molecule has 1 N–H and O–H groups in total. The van der Waals surface area contributed by atoms with Crippen LogP contribution in [0.15, 0.2) is 23.6 Å². The summed E-state index contributed by atoms with van der Waals surface area (Å²) >= 11 is 1.62. The third-order valence-corrected chi connectivity index (χ3v) is 7.11. The lowest BCUT2D eigenvalue weighted by Crippen LogP contribution is -2.44. The van der Waals surface area contributed by atoms with Crippen molar-refractivity contribution in [2.24, 2.45) is 0 Å². The number of aliphatic carboxylic acids is 1. The summed E-state index contributed by atoms with van der Waals surface area (Å²) in [6.07, 6.45) is 2.19. The van der Waals surface area contributed by atoms with Gasteiger partial charge < -0.3 is 19.5 Å². The second-order valence-electron chi connectivity index (χ2n) is 7.74. The van der Waals surface area contributed by atoms with Crippen LogP contribution < -0.4 is 14.9 Å². The molecule has 2 aromatic rings. The normalized spacial score (nSPS) is 18.0. The number of carboxylic acid groups (broad SMARTS) is 1. The maximum atomic E-state index is 10.8. The minimum Gasteiger partial charge on any atom is -0.492 e. The molecular formula is C21H24BNO4S. The van der Waals surface area contributed by atoms with E-state index in [9.17, 15) is 4.79 Å². The van der Waals surface area contributed by atoms with E-state index >= 15 is 0 Å². The van der Waals surface area contributed by atoms with Crippen molar-refractivity contribution >= 4 is 30.6 Å². The number of carboxylic acids is 1. The second-order valence-corrected chi connectivity index (χ2v) is 8.70. The highest BCUT2D eigenvalue weighted by Crippen LogP contribution is 2.46. The number of ether oxygens (including phenoxy) is 2. The highest BCUT2D eigenvalue weighted by molar-refractivity contribution is 7.11. The molecule has 3 heterocycles. The monoisotopic (exact) mass is 397 g/mol. The predicted octanol–water partition coefficient (Wildman–Crippen LogP) is 2.63. The third-order valence-electron chi connectivity index (χ3n) is 6.03. The van der Waals surface area contributed by atoms with Gasteiger partial charge in [-0.3, -0.25) is 4.79 Å². The fourth-order valence-electron chi connectivity index (χ4n) is 4.08. The van der Waals surface area contributed by atoms with Crippen molar-refractivity contribution in [1.82, 2.24) is 4.90 Å². The molecule has 0 unspecified atom stereocenters. The molecule has 0 amide bonds. The van der Waals surface area contributed by atoms with Crippen LogP contribution >= 0.6 is 11.3 Å². The molecule has 0 bridgehead atoms. The van der Waals surface area contributed by atoms with E-state index in [1.54, 1.807) is 11.3 Å². The van der Waals surface area contributed by atoms with E-state index in [0.717, 1.165) is 53.3 Å². The Hall–Kier alpha value is -1.99. The molecule has 1 spiro atoms. The maximum Gasteiger partial charge on any atom is 0.304 e. The summed E-state index contributed by atoms with van der Waals surface area (Å²) in [5.41, 5.74) is 3.22. The molecule has 1 saturated heterocycles. The van der Waals surface area contributed by atoms with Gasteiger partial charge in [0.1, 0.15) is 26.0 Å². The van der Waals surface area contributed by atoms with Gasteiger partial charge in [-0.2, -0.15) is 0 Å². The number of rotatable bonds is 6. The minimum atomic E-state index is -0.734. The first-order valence-corrected chi connectivity index (χ1v) is 10.5. The standard InChI is InChI=1S/C21H24BNO4S/c1-14-17(22)12-28-19(14)11-26-15-2-3-16-18(10-15)27-13-21(16)5-8-23(9-6-21)7-4-20(24)25/h2-3,10,12H,4-9,11,13H2,1H3,(H,24,25). The minimum absolute atomic E-state index is 0.0480. The van der Waals surface area contributed by atoms with Gasteiger partial charge in [0.15, 0.2) is 0 Å². The van der Waals surface area contributed by atoms with Gasteiger partial charge in [0, 0.05) is 28.5 Å². The van der Waals surface area contributed by atoms with Crippen LogP contribution in [0.25, 0.3) is 0 Å². The van der Waals surface area contributed by atoms with Crippen molar-refractivity contribution < 1.29 is 19.4 Å². The van der Waals surface area contributed by atoms with E-state index in [2.05, 4.69) is 11.0 Å². The lowest BCUT2D eigenvalue weighted by atomic mass is 9.74. The highest BCUT2D eigenvalue weighted by atomic mass is 32.1. The van der Waals surface area contributed by atoms with Crippen LogP contribution in [-0.4, -0.2) is 50.1 Å². The summed E-state index contributed by atoms with van der Waals surface area (Å²) in [6, 6.07) is 6.16. The first kappa shape index (κ1) is 19.3. The molecule has 7 heteroatoms. The number of likely N-dealkylation sites (tertiary alicyclic amines) is 1. The van der Waals surface area contributed by atoms with Gasteiger partial charge in [-0.05, 0) is 49.9 Å². The van der Waals surface area contributed by atoms with E-state index in [4.69, 9.17) is 22.4 Å². The first-order valence-electron chi connectivity index (χ1n) is 9.63. The second kappa shape index (κ2) is 7.80. The van der Waals surface area contributed by atoms with Gasteiger partial charge in [-0.25, -0.2) is 0 Å². The summed E-state index contributed by atoms with van der Waals surface area (Å²) in [4.78, 5) is 14.2. The Morgan fingerprint density at radius 3 is 2.86 bits per heavy atom. The molecule has 2 aliphatic heterocycles. The fraction of sp³-hybridized carbons (Fsp3) is 0.476. The molecule has 4 rings (SSSR count). The number of benzene rings is 1. The highest BCUT2D eigenvalue weighted by Gasteiger charge is 2.43.